The summed E-state index contributed by atoms with van der Waals surface area (Å²) in [4.78, 5) is 23.3. The SMILES string of the molecule is CCCCCCCCCOC(=O)C(=O)c1ccccc1. The smallest absolute Gasteiger partial charge is 0.379 e. The first-order chi connectivity index (χ1) is 9.75. The van der Waals surface area contributed by atoms with E-state index in [4.69, 9.17) is 4.74 Å². The van der Waals surface area contributed by atoms with Crippen LogP contribution in [0, 0.1) is 0 Å². The lowest BCUT2D eigenvalue weighted by Crippen LogP contribution is -2.18. The Kier molecular flexibility index (Phi) is 8.36. The van der Waals surface area contributed by atoms with Crippen molar-refractivity contribution in [3.05, 3.63) is 35.9 Å². The van der Waals surface area contributed by atoms with Gasteiger partial charge in [0, 0.05) is 5.56 Å². The van der Waals surface area contributed by atoms with E-state index in [1.807, 2.05) is 0 Å². The van der Waals surface area contributed by atoms with Gasteiger partial charge in [-0.3, -0.25) is 4.79 Å². The fourth-order valence-electron chi connectivity index (χ4n) is 2.00. The summed E-state index contributed by atoms with van der Waals surface area (Å²) in [6.45, 7) is 2.54. The van der Waals surface area contributed by atoms with Crippen LogP contribution in [0.5, 0.6) is 0 Å². The molecule has 0 atom stereocenters. The molecular formula is C17H24O3. The van der Waals surface area contributed by atoms with Crippen molar-refractivity contribution in [3.8, 4) is 0 Å². The Morgan fingerprint density at radius 3 is 2.15 bits per heavy atom. The molecule has 0 saturated carbocycles. The quantitative estimate of drug-likeness (QED) is 0.279. The summed E-state index contributed by atoms with van der Waals surface area (Å²) in [5.41, 5.74) is 0.386. The molecule has 0 radical (unpaired) electrons. The minimum atomic E-state index is -0.748. The second-order valence-electron chi connectivity index (χ2n) is 4.95. The van der Waals surface area contributed by atoms with Crippen LogP contribution in [0.4, 0.5) is 0 Å². The zero-order valence-corrected chi connectivity index (χ0v) is 12.3. The third-order valence-corrected chi connectivity index (χ3v) is 3.20. The van der Waals surface area contributed by atoms with Crippen LogP contribution in [-0.4, -0.2) is 18.4 Å². The van der Waals surface area contributed by atoms with Crippen LogP contribution in [0.25, 0.3) is 0 Å². The van der Waals surface area contributed by atoms with E-state index in [1.54, 1.807) is 30.3 Å². The number of hydrogen-bond donors (Lipinski definition) is 0. The van der Waals surface area contributed by atoms with Crippen molar-refractivity contribution in [3.63, 3.8) is 0 Å². The molecule has 0 heterocycles. The number of ketones is 1. The predicted octanol–water partition coefficient (Wildman–Crippen LogP) is 4.16. The van der Waals surface area contributed by atoms with Crippen molar-refractivity contribution in [2.75, 3.05) is 6.61 Å². The lowest BCUT2D eigenvalue weighted by Gasteiger charge is -2.04. The molecule has 0 unspecified atom stereocenters. The third-order valence-electron chi connectivity index (χ3n) is 3.20. The van der Waals surface area contributed by atoms with Gasteiger partial charge in [-0.25, -0.2) is 4.79 Å². The minimum Gasteiger partial charge on any atom is -0.460 e. The highest BCUT2D eigenvalue weighted by Gasteiger charge is 2.16. The maximum atomic E-state index is 11.7. The van der Waals surface area contributed by atoms with Gasteiger partial charge in [0.1, 0.15) is 0 Å². The van der Waals surface area contributed by atoms with E-state index in [1.165, 1.54) is 32.1 Å². The first kappa shape index (κ1) is 16.4. The highest BCUT2D eigenvalue weighted by Crippen LogP contribution is 2.07. The zero-order valence-electron chi connectivity index (χ0n) is 12.3. The molecule has 1 rings (SSSR count). The minimum absolute atomic E-state index is 0.338. The number of hydrogen-bond acceptors (Lipinski definition) is 3. The van der Waals surface area contributed by atoms with Gasteiger partial charge in [0.05, 0.1) is 6.61 Å². The predicted molar refractivity (Wildman–Crippen MR) is 79.7 cm³/mol. The van der Waals surface area contributed by atoms with Gasteiger partial charge in [-0.2, -0.15) is 0 Å². The number of ether oxygens (including phenoxy) is 1. The van der Waals surface area contributed by atoms with Crippen molar-refractivity contribution in [1.82, 2.24) is 0 Å². The van der Waals surface area contributed by atoms with Crippen LogP contribution in [0.15, 0.2) is 30.3 Å². The summed E-state index contributed by atoms with van der Waals surface area (Å²) in [5.74, 6) is -1.31. The van der Waals surface area contributed by atoms with Crippen molar-refractivity contribution in [2.24, 2.45) is 0 Å². The van der Waals surface area contributed by atoms with Gasteiger partial charge < -0.3 is 4.74 Å². The monoisotopic (exact) mass is 276 g/mol. The normalized spacial score (nSPS) is 10.2. The van der Waals surface area contributed by atoms with Crippen LogP contribution in [0.2, 0.25) is 0 Å². The summed E-state index contributed by atoms with van der Waals surface area (Å²) < 4.78 is 5.00. The third kappa shape index (κ3) is 6.50. The van der Waals surface area contributed by atoms with Gasteiger partial charge in [0.15, 0.2) is 0 Å². The van der Waals surface area contributed by atoms with E-state index in [2.05, 4.69) is 6.92 Å². The Hall–Kier alpha value is -1.64. The first-order valence-corrected chi connectivity index (χ1v) is 7.52. The number of carbonyl (C=O) groups is 2. The van der Waals surface area contributed by atoms with Gasteiger partial charge in [-0.1, -0.05) is 75.8 Å². The second kappa shape index (κ2) is 10.2. The first-order valence-electron chi connectivity index (χ1n) is 7.52. The summed E-state index contributed by atoms with van der Waals surface area (Å²) in [7, 11) is 0. The van der Waals surface area contributed by atoms with Gasteiger partial charge in [0.25, 0.3) is 5.78 Å². The van der Waals surface area contributed by atoms with Crippen molar-refractivity contribution in [1.29, 1.82) is 0 Å². The van der Waals surface area contributed by atoms with Crippen LogP contribution >= 0.6 is 0 Å². The maximum Gasteiger partial charge on any atom is 0.379 e. The molecule has 3 heteroatoms. The van der Waals surface area contributed by atoms with Crippen LogP contribution in [-0.2, 0) is 9.53 Å². The summed E-state index contributed by atoms with van der Waals surface area (Å²) in [6, 6.07) is 8.52. The van der Waals surface area contributed by atoms with Crippen molar-refractivity contribution < 1.29 is 14.3 Å². The maximum absolute atomic E-state index is 11.7. The molecule has 0 bridgehead atoms. The Bertz CT molecular complexity index is 398. The number of carbonyl (C=O) groups excluding carboxylic acids is 2. The molecule has 0 spiro atoms. The number of unbranched alkanes of at least 4 members (excludes halogenated alkanes) is 6. The molecule has 0 aromatic heterocycles. The zero-order chi connectivity index (χ0) is 14.6. The van der Waals surface area contributed by atoms with E-state index < -0.39 is 11.8 Å². The molecule has 0 saturated heterocycles. The second-order valence-corrected chi connectivity index (χ2v) is 4.95. The molecule has 20 heavy (non-hydrogen) atoms. The van der Waals surface area contributed by atoms with E-state index >= 15 is 0 Å². The molecule has 0 aliphatic carbocycles. The van der Waals surface area contributed by atoms with Gasteiger partial charge in [0.2, 0.25) is 0 Å². The Morgan fingerprint density at radius 2 is 1.50 bits per heavy atom. The number of rotatable bonds is 10. The van der Waals surface area contributed by atoms with Gasteiger partial charge in [-0.05, 0) is 6.42 Å². The summed E-state index contributed by atoms with van der Waals surface area (Å²) in [6.07, 6.45) is 8.12. The van der Waals surface area contributed by atoms with Crippen LogP contribution in [0.1, 0.15) is 62.2 Å². The van der Waals surface area contributed by atoms with E-state index in [-0.39, 0.29) is 0 Å². The lowest BCUT2D eigenvalue weighted by molar-refractivity contribution is -0.138. The average Bonchev–Trinajstić information content (AvgIpc) is 2.50. The largest absolute Gasteiger partial charge is 0.460 e. The molecule has 1 aromatic carbocycles. The number of esters is 1. The number of Topliss-reactive ketones (excluding diaryl/α,β-unsaturated/α-hetero) is 1. The molecule has 0 amide bonds. The van der Waals surface area contributed by atoms with E-state index in [0.29, 0.717) is 12.2 Å². The molecule has 3 nitrogen and oxygen atoms in total. The average molecular weight is 276 g/mol. The molecule has 0 aliphatic rings. The molecule has 1 aromatic rings. The summed E-state index contributed by atoms with van der Waals surface area (Å²) >= 11 is 0. The highest BCUT2D eigenvalue weighted by molar-refractivity contribution is 6.40. The van der Waals surface area contributed by atoms with Crippen LogP contribution in [0.3, 0.4) is 0 Å². The molecule has 0 N–H and O–H groups in total. The standard InChI is InChI=1S/C17H24O3/c1-2-3-4-5-6-7-11-14-20-17(19)16(18)15-12-9-8-10-13-15/h8-10,12-13H,2-7,11,14H2,1H3. The van der Waals surface area contributed by atoms with Gasteiger partial charge >= 0.3 is 5.97 Å². The lowest BCUT2D eigenvalue weighted by atomic mass is 10.1. The Labute approximate surface area is 121 Å². The van der Waals surface area contributed by atoms with Gasteiger partial charge in [-0.15, -0.1) is 0 Å². The highest BCUT2D eigenvalue weighted by atomic mass is 16.5. The van der Waals surface area contributed by atoms with E-state index in [9.17, 15) is 9.59 Å². The van der Waals surface area contributed by atoms with E-state index in [0.717, 1.165) is 12.8 Å². The topological polar surface area (TPSA) is 43.4 Å². The molecular weight excluding hydrogens is 252 g/mol. The van der Waals surface area contributed by atoms with Crippen molar-refractivity contribution >= 4 is 11.8 Å². The molecule has 110 valence electrons. The number of benzene rings is 1. The molecule has 0 aliphatic heterocycles. The van der Waals surface area contributed by atoms with Crippen LogP contribution < -0.4 is 0 Å². The molecule has 0 fully saturated rings. The fourth-order valence-corrected chi connectivity index (χ4v) is 2.00. The fraction of sp³-hybridized carbons (Fsp3) is 0.529. The summed E-state index contributed by atoms with van der Waals surface area (Å²) in [5, 5.41) is 0. The Morgan fingerprint density at radius 1 is 0.900 bits per heavy atom. The Balaban J connectivity index is 2.10. The van der Waals surface area contributed by atoms with Crippen molar-refractivity contribution in [2.45, 2.75) is 51.9 Å².